The molecule has 1 heterocycles. The van der Waals surface area contributed by atoms with Crippen molar-refractivity contribution in [2.24, 2.45) is 5.92 Å². The van der Waals surface area contributed by atoms with Crippen LogP contribution in [0.4, 0.5) is 4.39 Å². The quantitative estimate of drug-likeness (QED) is 0.648. The second kappa shape index (κ2) is 10.7. The van der Waals surface area contributed by atoms with Gasteiger partial charge in [-0.3, -0.25) is 9.69 Å². The SMILES string of the molecule is O=C(NCCSC1CCCCC1)C1CCCN(Cc2c(F)cccc2Cl)C1. The van der Waals surface area contributed by atoms with Crippen LogP contribution < -0.4 is 5.32 Å². The van der Waals surface area contributed by atoms with Crippen molar-refractivity contribution in [3.05, 3.63) is 34.6 Å². The van der Waals surface area contributed by atoms with Crippen molar-refractivity contribution in [1.29, 1.82) is 0 Å². The van der Waals surface area contributed by atoms with Gasteiger partial charge in [0.1, 0.15) is 5.82 Å². The Morgan fingerprint density at radius 2 is 2.04 bits per heavy atom. The minimum atomic E-state index is -0.270. The second-order valence-electron chi connectivity index (χ2n) is 7.70. The zero-order valence-corrected chi connectivity index (χ0v) is 17.5. The summed E-state index contributed by atoms with van der Waals surface area (Å²) in [6.45, 7) is 2.76. The fourth-order valence-electron chi connectivity index (χ4n) is 4.10. The molecule has 27 heavy (non-hydrogen) atoms. The third kappa shape index (κ3) is 6.37. The van der Waals surface area contributed by atoms with Gasteiger partial charge >= 0.3 is 0 Å². The number of thioether (sulfide) groups is 1. The molecule has 1 saturated carbocycles. The van der Waals surface area contributed by atoms with Crippen molar-refractivity contribution >= 4 is 29.3 Å². The molecule has 6 heteroatoms. The molecular weight excluding hydrogens is 383 g/mol. The summed E-state index contributed by atoms with van der Waals surface area (Å²) in [6, 6.07) is 4.79. The van der Waals surface area contributed by atoms with Gasteiger partial charge in [0.15, 0.2) is 0 Å². The zero-order valence-electron chi connectivity index (χ0n) is 15.9. The number of nitrogens with zero attached hydrogens (tertiary/aromatic N) is 1. The van der Waals surface area contributed by atoms with Gasteiger partial charge in [0.25, 0.3) is 0 Å². The van der Waals surface area contributed by atoms with E-state index in [1.165, 1.54) is 38.2 Å². The molecule has 1 unspecified atom stereocenters. The van der Waals surface area contributed by atoms with Gasteiger partial charge in [-0.2, -0.15) is 11.8 Å². The molecule has 2 fully saturated rings. The van der Waals surface area contributed by atoms with Crippen molar-refractivity contribution in [3.8, 4) is 0 Å². The number of rotatable bonds is 7. The third-order valence-electron chi connectivity index (χ3n) is 5.63. The number of halogens is 2. The molecule has 1 amide bonds. The number of amides is 1. The maximum Gasteiger partial charge on any atom is 0.224 e. The molecule has 1 aliphatic carbocycles. The first-order chi connectivity index (χ1) is 13.1. The van der Waals surface area contributed by atoms with Crippen LogP contribution in [0.25, 0.3) is 0 Å². The Bertz CT molecular complexity index is 604. The summed E-state index contributed by atoms with van der Waals surface area (Å²) in [4.78, 5) is 14.7. The third-order valence-corrected chi connectivity index (χ3v) is 7.36. The number of benzene rings is 1. The van der Waals surface area contributed by atoms with Crippen LogP contribution in [0.15, 0.2) is 18.2 Å². The van der Waals surface area contributed by atoms with E-state index in [1.54, 1.807) is 12.1 Å². The average Bonchev–Trinajstić information content (AvgIpc) is 2.69. The van der Waals surface area contributed by atoms with E-state index in [0.717, 1.165) is 36.9 Å². The van der Waals surface area contributed by atoms with Gasteiger partial charge in [0.2, 0.25) is 5.91 Å². The van der Waals surface area contributed by atoms with Crippen LogP contribution in [-0.4, -0.2) is 41.4 Å². The summed E-state index contributed by atoms with van der Waals surface area (Å²) in [6.07, 6.45) is 8.61. The van der Waals surface area contributed by atoms with E-state index in [-0.39, 0.29) is 17.6 Å². The van der Waals surface area contributed by atoms with Crippen LogP contribution in [0.1, 0.15) is 50.5 Å². The predicted molar refractivity (Wildman–Crippen MR) is 112 cm³/mol. The van der Waals surface area contributed by atoms with E-state index >= 15 is 0 Å². The van der Waals surface area contributed by atoms with Crippen LogP contribution in [-0.2, 0) is 11.3 Å². The Morgan fingerprint density at radius 3 is 2.81 bits per heavy atom. The Morgan fingerprint density at radius 1 is 1.22 bits per heavy atom. The maximum absolute atomic E-state index is 14.0. The zero-order chi connectivity index (χ0) is 19.1. The number of carbonyl (C=O) groups is 1. The first kappa shape index (κ1) is 20.9. The highest BCUT2D eigenvalue weighted by Gasteiger charge is 2.26. The van der Waals surface area contributed by atoms with Crippen LogP contribution in [0.5, 0.6) is 0 Å². The summed E-state index contributed by atoms with van der Waals surface area (Å²) in [5.41, 5.74) is 0.532. The molecule has 1 aromatic rings. The lowest BCUT2D eigenvalue weighted by Crippen LogP contribution is -2.43. The Hall–Kier alpha value is -0.780. The van der Waals surface area contributed by atoms with Gasteiger partial charge in [-0.25, -0.2) is 4.39 Å². The van der Waals surface area contributed by atoms with Crippen molar-refractivity contribution in [2.45, 2.75) is 56.7 Å². The first-order valence-electron chi connectivity index (χ1n) is 10.2. The summed E-state index contributed by atoms with van der Waals surface area (Å²) in [7, 11) is 0. The van der Waals surface area contributed by atoms with Gasteiger partial charge in [-0.1, -0.05) is 36.9 Å². The lowest BCUT2D eigenvalue weighted by atomic mass is 9.96. The minimum Gasteiger partial charge on any atom is -0.355 e. The monoisotopic (exact) mass is 412 g/mol. The smallest absolute Gasteiger partial charge is 0.224 e. The Kier molecular flexibility index (Phi) is 8.28. The van der Waals surface area contributed by atoms with Crippen LogP contribution in [0.3, 0.4) is 0 Å². The minimum absolute atomic E-state index is 0.0102. The highest BCUT2D eigenvalue weighted by atomic mass is 35.5. The maximum atomic E-state index is 14.0. The average molecular weight is 413 g/mol. The van der Waals surface area contributed by atoms with Gasteiger partial charge < -0.3 is 5.32 Å². The van der Waals surface area contributed by atoms with E-state index < -0.39 is 0 Å². The van der Waals surface area contributed by atoms with Crippen molar-refractivity contribution in [3.63, 3.8) is 0 Å². The van der Waals surface area contributed by atoms with Crippen LogP contribution >= 0.6 is 23.4 Å². The molecule has 3 nitrogen and oxygen atoms in total. The van der Waals surface area contributed by atoms with Gasteiger partial charge in [-0.05, 0) is 44.4 Å². The molecule has 0 bridgehead atoms. The number of nitrogens with one attached hydrogen (secondary N) is 1. The molecule has 0 aromatic heterocycles. The summed E-state index contributed by atoms with van der Waals surface area (Å²) < 4.78 is 14.0. The lowest BCUT2D eigenvalue weighted by Gasteiger charge is -2.32. The summed E-state index contributed by atoms with van der Waals surface area (Å²) in [5, 5.41) is 4.36. The molecule has 3 rings (SSSR count). The van der Waals surface area contributed by atoms with Gasteiger partial charge in [0.05, 0.1) is 5.92 Å². The van der Waals surface area contributed by atoms with Crippen LogP contribution in [0, 0.1) is 11.7 Å². The Balaban J connectivity index is 1.41. The normalized spacial score (nSPS) is 21.9. The standard InChI is InChI=1S/C21H30ClFN2OS/c22-19-9-4-10-20(23)18(19)15-25-12-5-6-16(14-25)21(26)24-11-13-27-17-7-2-1-3-8-17/h4,9-10,16-17H,1-3,5-8,11-15H2,(H,24,26). The summed E-state index contributed by atoms with van der Waals surface area (Å²) in [5.74, 6) is 0.860. The largest absolute Gasteiger partial charge is 0.355 e. The molecule has 0 radical (unpaired) electrons. The van der Waals surface area contributed by atoms with E-state index in [2.05, 4.69) is 10.2 Å². The van der Waals surface area contributed by atoms with Gasteiger partial charge in [-0.15, -0.1) is 0 Å². The molecule has 1 saturated heterocycles. The highest BCUT2D eigenvalue weighted by Crippen LogP contribution is 2.28. The number of carbonyl (C=O) groups excluding carboxylic acids is 1. The van der Waals surface area contributed by atoms with E-state index in [4.69, 9.17) is 11.6 Å². The molecule has 1 aliphatic heterocycles. The van der Waals surface area contributed by atoms with Gasteiger partial charge in [0, 0.05) is 41.2 Å². The van der Waals surface area contributed by atoms with E-state index in [9.17, 15) is 9.18 Å². The van der Waals surface area contributed by atoms with Crippen molar-refractivity contribution in [2.75, 3.05) is 25.4 Å². The van der Waals surface area contributed by atoms with E-state index in [1.807, 2.05) is 11.8 Å². The lowest BCUT2D eigenvalue weighted by molar-refractivity contribution is -0.126. The van der Waals surface area contributed by atoms with Crippen LogP contribution in [0.2, 0.25) is 5.02 Å². The molecule has 150 valence electrons. The highest BCUT2D eigenvalue weighted by molar-refractivity contribution is 7.99. The van der Waals surface area contributed by atoms with Crippen molar-refractivity contribution < 1.29 is 9.18 Å². The van der Waals surface area contributed by atoms with E-state index in [0.29, 0.717) is 23.7 Å². The predicted octanol–water partition coefficient (Wildman–Crippen LogP) is 4.87. The molecule has 1 atom stereocenters. The molecule has 2 aliphatic rings. The number of hydrogen-bond donors (Lipinski definition) is 1. The number of likely N-dealkylation sites (tertiary alicyclic amines) is 1. The molecule has 1 N–H and O–H groups in total. The fourth-order valence-corrected chi connectivity index (χ4v) is 5.54. The molecular formula is C21H30ClFN2OS. The molecule has 0 spiro atoms. The number of hydrogen-bond acceptors (Lipinski definition) is 3. The summed E-state index contributed by atoms with van der Waals surface area (Å²) >= 11 is 8.16. The Labute approximate surface area is 171 Å². The second-order valence-corrected chi connectivity index (χ2v) is 9.51. The topological polar surface area (TPSA) is 32.3 Å². The fraction of sp³-hybridized carbons (Fsp3) is 0.667. The first-order valence-corrected chi connectivity index (χ1v) is 11.6. The molecule has 1 aromatic carbocycles. The number of piperidine rings is 1. The van der Waals surface area contributed by atoms with Crippen molar-refractivity contribution in [1.82, 2.24) is 10.2 Å².